The zero-order chi connectivity index (χ0) is 15.4. The molecular formula is C17H21N3O2. The van der Waals surface area contributed by atoms with E-state index in [0.717, 1.165) is 25.1 Å². The number of aromatic nitrogens is 2. The first kappa shape index (κ1) is 14.8. The maximum Gasteiger partial charge on any atom is 0.226 e. The second-order valence-corrected chi connectivity index (χ2v) is 5.90. The first-order chi connectivity index (χ1) is 10.7. The van der Waals surface area contributed by atoms with Gasteiger partial charge in [-0.1, -0.05) is 41.9 Å². The van der Waals surface area contributed by atoms with Gasteiger partial charge in [0.15, 0.2) is 5.82 Å². The SMILES string of the molecule is CC(=O)NCCCc1nc(C2(c3ccccc3)CCC2)no1. The Balaban J connectivity index is 1.68. The number of nitrogens with one attached hydrogen (secondary N) is 1. The molecule has 1 aliphatic carbocycles. The molecule has 0 radical (unpaired) electrons. The molecule has 1 saturated carbocycles. The minimum Gasteiger partial charge on any atom is -0.356 e. The lowest BCUT2D eigenvalue weighted by molar-refractivity contribution is -0.118. The summed E-state index contributed by atoms with van der Waals surface area (Å²) in [5.74, 6) is 1.45. The van der Waals surface area contributed by atoms with Gasteiger partial charge in [0.2, 0.25) is 11.8 Å². The number of hydrogen-bond acceptors (Lipinski definition) is 4. The van der Waals surface area contributed by atoms with E-state index in [0.29, 0.717) is 18.9 Å². The van der Waals surface area contributed by atoms with Gasteiger partial charge in [-0.2, -0.15) is 4.98 Å². The molecule has 1 aliphatic rings. The minimum atomic E-state index is -0.0688. The average Bonchev–Trinajstić information content (AvgIpc) is 2.92. The van der Waals surface area contributed by atoms with Crippen LogP contribution in [0.25, 0.3) is 0 Å². The summed E-state index contributed by atoms with van der Waals surface area (Å²) < 4.78 is 5.40. The summed E-state index contributed by atoms with van der Waals surface area (Å²) in [4.78, 5) is 15.4. The Morgan fingerprint density at radius 1 is 1.32 bits per heavy atom. The molecule has 116 valence electrons. The third-order valence-electron chi connectivity index (χ3n) is 4.37. The second-order valence-electron chi connectivity index (χ2n) is 5.90. The molecule has 1 aromatic heterocycles. The third-order valence-corrected chi connectivity index (χ3v) is 4.37. The van der Waals surface area contributed by atoms with Gasteiger partial charge in [0.1, 0.15) is 0 Å². The number of rotatable bonds is 6. The molecule has 22 heavy (non-hydrogen) atoms. The van der Waals surface area contributed by atoms with Crippen LogP contribution >= 0.6 is 0 Å². The van der Waals surface area contributed by atoms with Gasteiger partial charge in [0, 0.05) is 19.9 Å². The highest BCUT2D eigenvalue weighted by molar-refractivity contribution is 5.72. The molecule has 1 fully saturated rings. The van der Waals surface area contributed by atoms with Crippen molar-refractivity contribution >= 4 is 5.91 Å². The van der Waals surface area contributed by atoms with Crippen molar-refractivity contribution in [3.63, 3.8) is 0 Å². The van der Waals surface area contributed by atoms with E-state index in [1.165, 1.54) is 18.9 Å². The average molecular weight is 299 g/mol. The molecule has 1 aromatic carbocycles. The summed E-state index contributed by atoms with van der Waals surface area (Å²) in [5.41, 5.74) is 1.20. The molecule has 0 aliphatic heterocycles. The Bertz CT molecular complexity index is 632. The predicted molar refractivity (Wildman–Crippen MR) is 82.4 cm³/mol. The molecule has 0 bridgehead atoms. The van der Waals surface area contributed by atoms with Crippen molar-refractivity contribution in [3.8, 4) is 0 Å². The number of aryl methyl sites for hydroxylation is 1. The molecule has 1 N–H and O–H groups in total. The van der Waals surface area contributed by atoms with Gasteiger partial charge in [-0.05, 0) is 24.8 Å². The fourth-order valence-corrected chi connectivity index (χ4v) is 2.98. The van der Waals surface area contributed by atoms with Crippen LogP contribution in [0.15, 0.2) is 34.9 Å². The molecule has 0 atom stereocenters. The van der Waals surface area contributed by atoms with Gasteiger partial charge in [0.25, 0.3) is 0 Å². The van der Waals surface area contributed by atoms with E-state index in [2.05, 4.69) is 39.7 Å². The van der Waals surface area contributed by atoms with Gasteiger partial charge in [0.05, 0.1) is 5.41 Å². The Kier molecular flexibility index (Phi) is 4.22. The first-order valence-corrected chi connectivity index (χ1v) is 7.84. The van der Waals surface area contributed by atoms with Crippen molar-refractivity contribution in [1.29, 1.82) is 0 Å². The van der Waals surface area contributed by atoms with Crippen molar-refractivity contribution in [2.75, 3.05) is 6.54 Å². The molecule has 2 aromatic rings. The third kappa shape index (κ3) is 2.89. The lowest BCUT2D eigenvalue weighted by Gasteiger charge is -2.39. The standard InChI is InChI=1S/C17H21N3O2/c1-13(21)18-12-5-9-15-19-16(20-22-15)17(10-6-11-17)14-7-3-2-4-8-14/h2-4,7-8H,5-6,9-12H2,1H3,(H,18,21). The zero-order valence-corrected chi connectivity index (χ0v) is 12.8. The second kappa shape index (κ2) is 6.30. The summed E-state index contributed by atoms with van der Waals surface area (Å²) in [6, 6.07) is 10.4. The number of carbonyl (C=O) groups excluding carboxylic acids is 1. The number of amides is 1. The van der Waals surface area contributed by atoms with Gasteiger partial charge < -0.3 is 9.84 Å². The van der Waals surface area contributed by atoms with Crippen molar-refractivity contribution in [2.24, 2.45) is 0 Å². The Hall–Kier alpha value is -2.17. The molecule has 1 amide bonds. The molecule has 5 nitrogen and oxygen atoms in total. The monoisotopic (exact) mass is 299 g/mol. The molecule has 0 unspecified atom stereocenters. The Morgan fingerprint density at radius 3 is 2.73 bits per heavy atom. The number of hydrogen-bond donors (Lipinski definition) is 1. The zero-order valence-electron chi connectivity index (χ0n) is 12.8. The van der Waals surface area contributed by atoms with Crippen molar-refractivity contribution in [3.05, 3.63) is 47.6 Å². The predicted octanol–water partition coefficient (Wildman–Crippen LogP) is 2.61. The summed E-state index contributed by atoms with van der Waals surface area (Å²) in [7, 11) is 0. The van der Waals surface area contributed by atoms with Crippen LogP contribution in [0.2, 0.25) is 0 Å². The van der Waals surface area contributed by atoms with Gasteiger partial charge >= 0.3 is 0 Å². The molecule has 0 spiro atoms. The highest BCUT2D eigenvalue weighted by Gasteiger charge is 2.44. The van der Waals surface area contributed by atoms with Crippen molar-refractivity contribution < 1.29 is 9.32 Å². The number of nitrogens with zero attached hydrogens (tertiary/aromatic N) is 2. The van der Waals surface area contributed by atoms with E-state index in [-0.39, 0.29) is 11.3 Å². The van der Waals surface area contributed by atoms with Gasteiger partial charge in [-0.25, -0.2) is 0 Å². The molecule has 1 heterocycles. The van der Waals surface area contributed by atoms with Crippen LogP contribution in [-0.4, -0.2) is 22.6 Å². The summed E-state index contributed by atoms with van der Waals surface area (Å²) in [6.45, 7) is 2.15. The number of benzene rings is 1. The minimum absolute atomic E-state index is 0.0104. The smallest absolute Gasteiger partial charge is 0.226 e. The van der Waals surface area contributed by atoms with Crippen molar-refractivity contribution in [2.45, 2.75) is 44.4 Å². The normalized spacial score (nSPS) is 16.0. The van der Waals surface area contributed by atoms with Crippen LogP contribution < -0.4 is 5.32 Å². The lowest BCUT2D eigenvalue weighted by atomic mass is 9.64. The molecule has 3 rings (SSSR count). The molecule has 0 saturated heterocycles. The van der Waals surface area contributed by atoms with Crippen molar-refractivity contribution in [1.82, 2.24) is 15.5 Å². The maximum atomic E-state index is 10.8. The summed E-state index contributed by atoms with van der Waals surface area (Å²) in [5, 5.41) is 7.00. The van der Waals surface area contributed by atoms with Crippen LogP contribution in [-0.2, 0) is 16.6 Å². The van der Waals surface area contributed by atoms with E-state index >= 15 is 0 Å². The Labute approximate surface area is 130 Å². The van der Waals surface area contributed by atoms with Gasteiger partial charge in [-0.3, -0.25) is 4.79 Å². The van der Waals surface area contributed by atoms with E-state index in [1.807, 2.05) is 6.07 Å². The quantitative estimate of drug-likeness (QED) is 0.833. The van der Waals surface area contributed by atoms with Crippen LogP contribution in [0.5, 0.6) is 0 Å². The van der Waals surface area contributed by atoms with Crippen LogP contribution in [0.4, 0.5) is 0 Å². The lowest BCUT2D eigenvalue weighted by Crippen LogP contribution is -2.36. The highest BCUT2D eigenvalue weighted by atomic mass is 16.5. The Morgan fingerprint density at radius 2 is 2.09 bits per heavy atom. The van der Waals surface area contributed by atoms with E-state index in [1.54, 1.807) is 0 Å². The highest BCUT2D eigenvalue weighted by Crippen LogP contribution is 2.47. The maximum absolute atomic E-state index is 10.8. The summed E-state index contributed by atoms with van der Waals surface area (Å²) >= 11 is 0. The van der Waals surface area contributed by atoms with E-state index in [9.17, 15) is 4.79 Å². The van der Waals surface area contributed by atoms with Crippen LogP contribution in [0.1, 0.15) is 49.9 Å². The van der Waals surface area contributed by atoms with Crippen LogP contribution in [0.3, 0.4) is 0 Å². The fraction of sp³-hybridized carbons (Fsp3) is 0.471. The van der Waals surface area contributed by atoms with Crippen LogP contribution in [0, 0.1) is 0 Å². The fourth-order valence-electron chi connectivity index (χ4n) is 2.98. The molecule has 5 heteroatoms. The van der Waals surface area contributed by atoms with Gasteiger partial charge in [-0.15, -0.1) is 0 Å². The topological polar surface area (TPSA) is 68.0 Å². The van der Waals surface area contributed by atoms with E-state index < -0.39 is 0 Å². The van der Waals surface area contributed by atoms with E-state index in [4.69, 9.17) is 4.52 Å². The first-order valence-electron chi connectivity index (χ1n) is 7.84. The molecular weight excluding hydrogens is 278 g/mol. The largest absolute Gasteiger partial charge is 0.356 e. The summed E-state index contributed by atoms with van der Waals surface area (Å²) in [6.07, 6.45) is 4.84. The number of carbonyl (C=O) groups is 1.